The van der Waals surface area contributed by atoms with E-state index in [1.807, 2.05) is 0 Å². The normalized spacial score (nSPS) is 22.4. The lowest BCUT2D eigenvalue weighted by molar-refractivity contribution is 0.124. The number of hydrogen-bond acceptors (Lipinski definition) is 3. The summed E-state index contributed by atoms with van der Waals surface area (Å²) in [4.78, 5) is 7.13. The molecule has 1 fully saturated rings. The maximum atomic E-state index is 5.13. The highest BCUT2D eigenvalue weighted by Crippen LogP contribution is 2.28. The summed E-state index contributed by atoms with van der Waals surface area (Å²) in [5, 5.41) is 0. The average molecular weight is 234 g/mol. The molecule has 94 valence electrons. The van der Waals surface area contributed by atoms with Gasteiger partial charge in [0.1, 0.15) is 0 Å². The standard InChI is InChI=1S/C14H22N2O/c1-16-8-3-6-13(7-9-16)14-5-2-4-12(10-14)11-17-15/h2,4-5,10,13H,3,6-9,11,15H2,1H3. The van der Waals surface area contributed by atoms with Gasteiger partial charge in [0.05, 0.1) is 6.61 Å². The second-order valence-corrected chi connectivity index (χ2v) is 4.99. The van der Waals surface area contributed by atoms with Gasteiger partial charge in [-0.15, -0.1) is 0 Å². The SMILES string of the molecule is CN1CCCC(c2cccc(CON)c2)CC1. The maximum absolute atomic E-state index is 5.13. The van der Waals surface area contributed by atoms with Crippen molar-refractivity contribution in [2.24, 2.45) is 5.90 Å². The third-order valence-corrected chi connectivity index (χ3v) is 3.62. The first-order chi connectivity index (χ1) is 8.29. The van der Waals surface area contributed by atoms with E-state index in [4.69, 9.17) is 10.7 Å². The van der Waals surface area contributed by atoms with Crippen LogP contribution in [0.1, 0.15) is 36.3 Å². The van der Waals surface area contributed by atoms with Crippen LogP contribution in [0.15, 0.2) is 24.3 Å². The van der Waals surface area contributed by atoms with Crippen LogP contribution < -0.4 is 5.90 Å². The Morgan fingerprint density at radius 2 is 2.24 bits per heavy atom. The summed E-state index contributed by atoms with van der Waals surface area (Å²) in [6, 6.07) is 8.65. The predicted molar refractivity (Wildman–Crippen MR) is 69.5 cm³/mol. The largest absolute Gasteiger partial charge is 0.306 e. The molecule has 1 atom stereocenters. The molecule has 1 unspecified atom stereocenters. The lowest BCUT2D eigenvalue weighted by atomic mass is 9.91. The van der Waals surface area contributed by atoms with Gasteiger partial charge in [-0.3, -0.25) is 4.84 Å². The van der Waals surface area contributed by atoms with Crippen molar-refractivity contribution in [2.75, 3.05) is 20.1 Å². The molecule has 1 aliphatic heterocycles. The summed E-state index contributed by atoms with van der Waals surface area (Å²) in [7, 11) is 2.21. The third kappa shape index (κ3) is 3.53. The first-order valence-corrected chi connectivity index (χ1v) is 6.38. The monoisotopic (exact) mass is 234 g/mol. The van der Waals surface area contributed by atoms with E-state index in [1.54, 1.807) is 0 Å². The fourth-order valence-electron chi connectivity index (χ4n) is 2.61. The molecule has 1 aromatic rings. The van der Waals surface area contributed by atoms with Gasteiger partial charge in [-0.1, -0.05) is 24.3 Å². The molecule has 17 heavy (non-hydrogen) atoms. The first-order valence-electron chi connectivity index (χ1n) is 6.38. The molecular weight excluding hydrogens is 212 g/mol. The predicted octanol–water partition coefficient (Wildman–Crippen LogP) is 2.28. The molecule has 0 amide bonds. The van der Waals surface area contributed by atoms with Gasteiger partial charge in [0.25, 0.3) is 0 Å². The van der Waals surface area contributed by atoms with Crippen LogP contribution in [-0.2, 0) is 11.4 Å². The Labute approximate surface area is 104 Å². The Balaban J connectivity index is 2.07. The van der Waals surface area contributed by atoms with Crippen molar-refractivity contribution in [3.63, 3.8) is 0 Å². The molecule has 2 N–H and O–H groups in total. The molecule has 2 rings (SSSR count). The van der Waals surface area contributed by atoms with Gasteiger partial charge in [-0.05, 0) is 56.4 Å². The molecule has 0 spiro atoms. The summed E-state index contributed by atoms with van der Waals surface area (Å²) in [6.45, 7) is 2.92. The molecule has 0 saturated carbocycles. The maximum Gasteiger partial charge on any atom is 0.0930 e. The van der Waals surface area contributed by atoms with Crippen molar-refractivity contribution in [1.82, 2.24) is 4.90 Å². The van der Waals surface area contributed by atoms with Crippen LogP contribution in [-0.4, -0.2) is 25.0 Å². The van der Waals surface area contributed by atoms with E-state index >= 15 is 0 Å². The quantitative estimate of drug-likeness (QED) is 0.815. The Bertz CT molecular complexity index is 354. The van der Waals surface area contributed by atoms with E-state index in [9.17, 15) is 0 Å². The van der Waals surface area contributed by atoms with Gasteiger partial charge < -0.3 is 4.90 Å². The minimum atomic E-state index is 0.500. The Morgan fingerprint density at radius 3 is 3.06 bits per heavy atom. The van der Waals surface area contributed by atoms with E-state index in [0.717, 1.165) is 0 Å². The molecule has 3 heteroatoms. The van der Waals surface area contributed by atoms with Crippen LogP contribution in [0, 0.1) is 0 Å². The molecule has 0 radical (unpaired) electrons. The fraction of sp³-hybridized carbons (Fsp3) is 0.571. The lowest BCUT2D eigenvalue weighted by Gasteiger charge is -2.16. The van der Waals surface area contributed by atoms with Gasteiger partial charge in [0.15, 0.2) is 0 Å². The zero-order chi connectivity index (χ0) is 12.1. The minimum Gasteiger partial charge on any atom is -0.306 e. The van der Waals surface area contributed by atoms with Gasteiger partial charge in [0.2, 0.25) is 0 Å². The smallest absolute Gasteiger partial charge is 0.0930 e. The summed E-state index contributed by atoms with van der Waals surface area (Å²) in [5.74, 6) is 5.82. The van der Waals surface area contributed by atoms with E-state index in [0.29, 0.717) is 12.5 Å². The van der Waals surface area contributed by atoms with Crippen LogP contribution in [0.3, 0.4) is 0 Å². The highest BCUT2D eigenvalue weighted by molar-refractivity contribution is 5.26. The van der Waals surface area contributed by atoms with Gasteiger partial charge in [-0.2, -0.15) is 0 Å². The molecular formula is C14H22N2O. The van der Waals surface area contributed by atoms with Crippen LogP contribution in [0.5, 0.6) is 0 Å². The van der Waals surface area contributed by atoms with E-state index in [-0.39, 0.29) is 0 Å². The molecule has 1 heterocycles. The molecule has 0 bridgehead atoms. The van der Waals surface area contributed by atoms with Crippen LogP contribution in [0.2, 0.25) is 0 Å². The second-order valence-electron chi connectivity index (χ2n) is 4.99. The summed E-state index contributed by atoms with van der Waals surface area (Å²) in [6.07, 6.45) is 3.83. The Hall–Kier alpha value is -0.900. The number of hydrogen-bond donors (Lipinski definition) is 1. The highest BCUT2D eigenvalue weighted by Gasteiger charge is 2.16. The van der Waals surface area contributed by atoms with Crippen molar-refractivity contribution >= 4 is 0 Å². The highest BCUT2D eigenvalue weighted by atomic mass is 16.6. The first kappa shape index (κ1) is 12.6. The van der Waals surface area contributed by atoms with Crippen molar-refractivity contribution in [2.45, 2.75) is 31.8 Å². The zero-order valence-corrected chi connectivity index (χ0v) is 10.6. The van der Waals surface area contributed by atoms with Gasteiger partial charge >= 0.3 is 0 Å². The van der Waals surface area contributed by atoms with Crippen molar-refractivity contribution in [1.29, 1.82) is 0 Å². The molecule has 3 nitrogen and oxygen atoms in total. The number of nitrogens with zero attached hydrogens (tertiary/aromatic N) is 1. The fourth-order valence-corrected chi connectivity index (χ4v) is 2.61. The van der Waals surface area contributed by atoms with Crippen LogP contribution in [0.25, 0.3) is 0 Å². The number of benzene rings is 1. The number of rotatable bonds is 3. The lowest BCUT2D eigenvalue weighted by Crippen LogP contribution is -2.18. The molecule has 1 aromatic carbocycles. The molecule has 1 saturated heterocycles. The van der Waals surface area contributed by atoms with Crippen molar-refractivity contribution < 1.29 is 4.84 Å². The topological polar surface area (TPSA) is 38.5 Å². The van der Waals surface area contributed by atoms with Crippen LogP contribution >= 0.6 is 0 Å². The van der Waals surface area contributed by atoms with E-state index < -0.39 is 0 Å². The zero-order valence-electron chi connectivity index (χ0n) is 10.6. The van der Waals surface area contributed by atoms with Crippen molar-refractivity contribution in [3.8, 4) is 0 Å². The summed E-state index contributed by atoms with van der Waals surface area (Å²) >= 11 is 0. The minimum absolute atomic E-state index is 0.500. The molecule has 0 aliphatic carbocycles. The Morgan fingerprint density at radius 1 is 1.35 bits per heavy atom. The van der Waals surface area contributed by atoms with Gasteiger partial charge in [-0.25, -0.2) is 5.90 Å². The summed E-state index contributed by atoms with van der Waals surface area (Å²) < 4.78 is 0. The average Bonchev–Trinajstić information content (AvgIpc) is 2.55. The van der Waals surface area contributed by atoms with Crippen molar-refractivity contribution in [3.05, 3.63) is 35.4 Å². The van der Waals surface area contributed by atoms with Crippen LogP contribution in [0.4, 0.5) is 0 Å². The molecule has 0 aromatic heterocycles. The summed E-state index contributed by atoms with van der Waals surface area (Å²) in [5.41, 5.74) is 2.61. The third-order valence-electron chi connectivity index (χ3n) is 3.62. The van der Waals surface area contributed by atoms with E-state index in [2.05, 4.69) is 36.2 Å². The Kier molecular flexibility index (Phi) is 4.54. The molecule has 1 aliphatic rings. The van der Waals surface area contributed by atoms with E-state index in [1.165, 1.54) is 43.5 Å². The van der Waals surface area contributed by atoms with Gasteiger partial charge in [0, 0.05) is 0 Å². The number of nitrogens with two attached hydrogens (primary N) is 1. The number of likely N-dealkylation sites (tertiary alicyclic amines) is 1. The second kappa shape index (κ2) is 6.15.